The van der Waals surface area contributed by atoms with Gasteiger partial charge in [0.2, 0.25) is 0 Å². The molecule has 0 aliphatic carbocycles. The summed E-state index contributed by atoms with van der Waals surface area (Å²) in [6.07, 6.45) is 1.04. The van der Waals surface area contributed by atoms with Gasteiger partial charge in [-0.15, -0.1) is 0 Å². The molecule has 0 aromatic heterocycles. The molecule has 1 N–H and O–H groups in total. The molecule has 0 bridgehead atoms. The van der Waals surface area contributed by atoms with E-state index in [1.165, 1.54) is 12.1 Å². The smallest absolute Gasteiger partial charge is 0.127 e. The van der Waals surface area contributed by atoms with Crippen molar-refractivity contribution in [3.63, 3.8) is 0 Å². The molecule has 1 aliphatic rings. The van der Waals surface area contributed by atoms with Gasteiger partial charge in [-0.05, 0) is 36.2 Å². The number of nitrogens with zero attached hydrogens (tertiary/aromatic N) is 1. The van der Waals surface area contributed by atoms with Crippen LogP contribution in [0, 0.1) is 5.82 Å². The summed E-state index contributed by atoms with van der Waals surface area (Å²) < 4.78 is 18.3. The summed E-state index contributed by atoms with van der Waals surface area (Å²) in [6, 6.07) is 12.2. The van der Waals surface area contributed by atoms with Gasteiger partial charge in [0.05, 0.1) is 7.11 Å². The molecule has 0 saturated carbocycles. The van der Waals surface area contributed by atoms with Crippen LogP contribution >= 0.6 is 0 Å². The fourth-order valence-corrected chi connectivity index (χ4v) is 2.80. The van der Waals surface area contributed by atoms with Gasteiger partial charge in [0.25, 0.3) is 0 Å². The molecule has 0 spiro atoms. The van der Waals surface area contributed by atoms with Crippen molar-refractivity contribution in [3.05, 3.63) is 59.4 Å². The van der Waals surface area contributed by atoms with Crippen molar-refractivity contribution in [3.8, 4) is 11.5 Å². The average Bonchev–Trinajstić information content (AvgIpc) is 2.46. The largest absolute Gasteiger partial charge is 0.507 e. The van der Waals surface area contributed by atoms with Gasteiger partial charge < -0.3 is 9.84 Å². The van der Waals surface area contributed by atoms with E-state index >= 15 is 0 Å². The molecular formula is C17H18FNO2. The molecule has 1 aliphatic heterocycles. The minimum atomic E-state index is -0.216. The number of hydrogen-bond donors (Lipinski definition) is 1. The third-order valence-corrected chi connectivity index (χ3v) is 4.07. The van der Waals surface area contributed by atoms with Crippen LogP contribution in [0.4, 0.5) is 4.39 Å². The molecule has 3 rings (SSSR count). The second-order valence-electron chi connectivity index (χ2n) is 5.28. The van der Waals surface area contributed by atoms with Gasteiger partial charge in [-0.2, -0.15) is 0 Å². The monoisotopic (exact) mass is 287 g/mol. The molecule has 1 heterocycles. The van der Waals surface area contributed by atoms with Crippen LogP contribution in [0.5, 0.6) is 11.5 Å². The van der Waals surface area contributed by atoms with Crippen molar-refractivity contribution in [1.29, 1.82) is 0 Å². The van der Waals surface area contributed by atoms with E-state index in [-0.39, 0.29) is 17.6 Å². The first-order valence-electron chi connectivity index (χ1n) is 7.03. The number of aromatic hydroxyl groups is 1. The number of phenolic OH excluding ortho intramolecular Hbond substituents is 1. The van der Waals surface area contributed by atoms with E-state index in [2.05, 4.69) is 4.90 Å². The van der Waals surface area contributed by atoms with Crippen molar-refractivity contribution >= 4 is 0 Å². The van der Waals surface area contributed by atoms with Crippen LogP contribution in [0.15, 0.2) is 42.5 Å². The highest BCUT2D eigenvalue weighted by Gasteiger charge is 2.30. The summed E-state index contributed by atoms with van der Waals surface area (Å²) in [5.41, 5.74) is 1.91. The van der Waals surface area contributed by atoms with Crippen LogP contribution in [0.2, 0.25) is 0 Å². The number of rotatable bonds is 4. The van der Waals surface area contributed by atoms with E-state index in [1.807, 2.05) is 18.2 Å². The Bertz CT molecular complexity index is 627. The second-order valence-corrected chi connectivity index (χ2v) is 5.28. The lowest BCUT2D eigenvalue weighted by Crippen LogP contribution is -2.40. The molecule has 3 nitrogen and oxygen atoms in total. The van der Waals surface area contributed by atoms with Crippen LogP contribution in [-0.2, 0) is 6.54 Å². The highest BCUT2D eigenvalue weighted by atomic mass is 19.1. The Morgan fingerprint density at radius 1 is 1.24 bits per heavy atom. The predicted molar refractivity (Wildman–Crippen MR) is 78.8 cm³/mol. The molecule has 1 fully saturated rings. The van der Waals surface area contributed by atoms with Gasteiger partial charge in [0, 0.05) is 24.7 Å². The first-order valence-corrected chi connectivity index (χ1v) is 7.03. The van der Waals surface area contributed by atoms with Crippen LogP contribution in [0.25, 0.3) is 0 Å². The van der Waals surface area contributed by atoms with Crippen LogP contribution < -0.4 is 4.74 Å². The molecule has 0 radical (unpaired) electrons. The van der Waals surface area contributed by atoms with Gasteiger partial charge in [0.1, 0.15) is 17.3 Å². The maximum atomic E-state index is 13.0. The third-order valence-electron chi connectivity index (χ3n) is 4.07. The molecule has 1 unspecified atom stereocenters. The van der Waals surface area contributed by atoms with E-state index in [9.17, 15) is 9.50 Å². The standard InChI is InChI=1S/C17H18FNO2/c1-21-17-4-2-3-16(20)14(17)11-19-10-9-15(19)12-5-7-13(18)8-6-12/h2-8,15,20H,9-11H2,1H3. The van der Waals surface area contributed by atoms with E-state index in [1.54, 1.807) is 19.2 Å². The maximum Gasteiger partial charge on any atom is 0.127 e. The van der Waals surface area contributed by atoms with Crippen LogP contribution in [-0.4, -0.2) is 23.7 Å². The second kappa shape index (κ2) is 5.74. The minimum Gasteiger partial charge on any atom is -0.507 e. The number of benzene rings is 2. The third kappa shape index (κ3) is 2.72. The van der Waals surface area contributed by atoms with E-state index in [0.717, 1.165) is 24.1 Å². The summed E-state index contributed by atoms with van der Waals surface area (Å²) in [7, 11) is 1.60. The van der Waals surface area contributed by atoms with Crippen molar-refractivity contribution in [2.24, 2.45) is 0 Å². The molecule has 1 atom stereocenters. The summed E-state index contributed by atoms with van der Waals surface area (Å²) in [5.74, 6) is 0.728. The fraction of sp³-hybridized carbons (Fsp3) is 0.294. The van der Waals surface area contributed by atoms with E-state index in [0.29, 0.717) is 12.3 Å². The number of likely N-dealkylation sites (tertiary alicyclic amines) is 1. The number of methoxy groups -OCH3 is 1. The molecular weight excluding hydrogens is 269 g/mol. The Kier molecular flexibility index (Phi) is 3.80. The lowest BCUT2D eigenvalue weighted by molar-refractivity contribution is 0.0799. The van der Waals surface area contributed by atoms with Crippen molar-refractivity contribution in [2.75, 3.05) is 13.7 Å². The Morgan fingerprint density at radius 3 is 2.62 bits per heavy atom. The molecule has 2 aromatic carbocycles. The molecule has 0 amide bonds. The molecule has 21 heavy (non-hydrogen) atoms. The quantitative estimate of drug-likeness (QED) is 0.934. The highest BCUT2D eigenvalue weighted by molar-refractivity contribution is 5.44. The van der Waals surface area contributed by atoms with Crippen molar-refractivity contribution < 1.29 is 14.2 Å². The topological polar surface area (TPSA) is 32.7 Å². The first-order chi connectivity index (χ1) is 10.2. The number of hydrogen-bond acceptors (Lipinski definition) is 3. The summed E-state index contributed by atoms with van der Waals surface area (Å²) in [4.78, 5) is 2.25. The molecule has 2 aromatic rings. The zero-order valence-electron chi connectivity index (χ0n) is 11.9. The van der Waals surface area contributed by atoms with Crippen molar-refractivity contribution in [2.45, 2.75) is 19.0 Å². The Labute approximate surface area is 123 Å². The zero-order chi connectivity index (χ0) is 14.8. The fourth-order valence-electron chi connectivity index (χ4n) is 2.80. The van der Waals surface area contributed by atoms with Gasteiger partial charge in [-0.25, -0.2) is 4.39 Å². The van der Waals surface area contributed by atoms with Gasteiger partial charge in [-0.1, -0.05) is 18.2 Å². The average molecular weight is 287 g/mol. The van der Waals surface area contributed by atoms with E-state index in [4.69, 9.17) is 4.74 Å². The summed E-state index contributed by atoms with van der Waals surface area (Å²) in [6.45, 7) is 1.58. The summed E-state index contributed by atoms with van der Waals surface area (Å²) >= 11 is 0. The zero-order valence-corrected chi connectivity index (χ0v) is 11.9. The lowest BCUT2D eigenvalue weighted by atomic mass is 9.94. The number of ether oxygens (including phenoxy) is 1. The van der Waals surface area contributed by atoms with Crippen LogP contribution in [0.1, 0.15) is 23.6 Å². The normalized spacial score (nSPS) is 18.3. The molecule has 1 saturated heterocycles. The molecule has 110 valence electrons. The Morgan fingerprint density at radius 2 is 2.00 bits per heavy atom. The summed E-state index contributed by atoms with van der Waals surface area (Å²) in [5, 5.41) is 10.0. The van der Waals surface area contributed by atoms with E-state index < -0.39 is 0 Å². The Balaban J connectivity index is 1.78. The highest BCUT2D eigenvalue weighted by Crippen LogP contribution is 2.38. The Hall–Kier alpha value is -2.07. The SMILES string of the molecule is COc1cccc(O)c1CN1CCC1c1ccc(F)cc1. The first kappa shape index (κ1) is 13.9. The van der Waals surface area contributed by atoms with Gasteiger partial charge in [-0.3, -0.25) is 4.90 Å². The number of phenols is 1. The van der Waals surface area contributed by atoms with Crippen LogP contribution in [0.3, 0.4) is 0 Å². The van der Waals surface area contributed by atoms with Gasteiger partial charge >= 0.3 is 0 Å². The van der Waals surface area contributed by atoms with Crippen molar-refractivity contribution in [1.82, 2.24) is 4.90 Å². The molecule has 4 heteroatoms. The lowest BCUT2D eigenvalue weighted by Gasteiger charge is -2.41. The number of halogens is 1. The minimum absolute atomic E-state index is 0.216. The van der Waals surface area contributed by atoms with Gasteiger partial charge in [0.15, 0.2) is 0 Å². The predicted octanol–water partition coefficient (Wildman–Crippen LogP) is 3.49. The maximum absolute atomic E-state index is 13.0.